The van der Waals surface area contributed by atoms with Gasteiger partial charge in [-0.05, 0) is 49.2 Å². The maximum absolute atomic E-state index is 12.8. The van der Waals surface area contributed by atoms with Gasteiger partial charge in [-0.3, -0.25) is 0 Å². The van der Waals surface area contributed by atoms with E-state index >= 15 is 0 Å². The molecule has 142 valence electrons. The summed E-state index contributed by atoms with van der Waals surface area (Å²) >= 11 is 15.5. The first-order valence-electron chi connectivity index (χ1n) is 8.36. The molecule has 0 aliphatic carbocycles. The van der Waals surface area contributed by atoms with Crippen molar-refractivity contribution >= 4 is 60.3 Å². The third-order valence-corrected chi connectivity index (χ3v) is 7.62. The smallest absolute Gasteiger partial charge is 0.243 e. The molecule has 0 atom stereocenters. The number of rotatable bonds is 3. The van der Waals surface area contributed by atoms with Gasteiger partial charge in [0.05, 0.1) is 9.92 Å². The highest BCUT2D eigenvalue weighted by molar-refractivity contribution is 9.10. The van der Waals surface area contributed by atoms with Crippen molar-refractivity contribution in [1.82, 2.24) is 9.29 Å². The van der Waals surface area contributed by atoms with Crippen LogP contribution in [-0.4, -0.2) is 30.8 Å². The van der Waals surface area contributed by atoms with Gasteiger partial charge in [0.25, 0.3) is 0 Å². The van der Waals surface area contributed by atoms with E-state index in [1.807, 2.05) is 0 Å². The number of hydrogen-bond acceptors (Lipinski definition) is 4. The highest BCUT2D eigenvalue weighted by Gasteiger charge is 2.32. The van der Waals surface area contributed by atoms with Crippen LogP contribution in [0.15, 0.2) is 50.2 Å². The number of fused-ring (bicyclic) bond motifs is 1. The van der Waals surface area contributed by atoms with Crippen LogP contribution in [0.1, 0.15) is 24.7 Å². The van der Waals surface area contributed by atoms with Crippen LogP contribution in [0.3, 0.4) is 0 Å². The molecule has 0 bridgehead atoms. The van der Waals surface area contributed by atoms with E-state index in [1.54, 1.807) is 36.4 Å². The Balaban J connectivity index is 1.52. The fourth-order valence-electron chi connectivity index (χ4n) is 3.25. The summed E-state index contributed by atoms with van der Waals surface area (Å²) in [6.45, 7) is 0.826. The first-order valence-corrected chi connectivity index (χ1v) is 11.3. The number of aromatic nitrogens is 1. The Morgan fingerprint density at radius 2 is 1.78 bits per heavy atom. The van der Waals surface area contributed by atoms with Gasteiger partial charge in [0.1, 0.15) is 5.52 Å². The molecule has 2 heterocycles. The summed E-state index contributed by atoms with van der Waals surface area (Å²) in [6, 6.07) is 10.0. The van der Waals surface area contributed by atoms with Gasteiger partial charge in [0.2, 0.25) is 10.0 Å². The van der Waals surface area contributed by atoms with E-state index in [0.29, 0.717) is 57.9 Å². The molecule has 27 heavy (non-hydrogen) atoms. The van der Waals surface area contributed by atoms with Gasteiger partial charge in [-0.2, -0.15) is 4.31 Å². The molecule has 1 aliphatic heterocycles. The molecule has 0 N–H and O–H groups in total. The van der Waals surface area contributed by atoms with Crippen molar-refractivity contribution in [2.45, 2.75) is 23.7 Å². The van der Waals surface area contributed by atoms with Crippen molar-refractivity contribution in [3.63, 3.8) is 0 Å². The van der Waals surface area contributed by atoms with Gasteiger partial charge in [0, 0.05) is 28.5 Å². The number of nitrogens with zero attached hydrogens (tertiary/aromatic N) is 2. The van der Waals surface area contributed by atoms with Gasteiger partial charge in [-0.15, -0.1) is 0 Å². The van der Waals surface area contributed by atoms with Crippen LogP contribution in [0.4, 0.5) is 0 Å². The lowest BCUT2D eigenvalue weighted by Gasteiger charge is -2.29. The maximum atomic E-state index is 12.8. The third-order valence-electron chi connectivity index (χ3n) is 4.68. The number of halogens is 3. The monoisotopic (exact) mass is 488 g/mol. The first-order chi connectivity index (χ1) is 12.8. The van der Waals surface area contributed by atoms with Gasteiger partial charge < -0.3 is 4.42 Å². The van der Waals surface area contributed by atoms with Crippen molar-refractivity contribution < 1.29 is 12.8 Å². The van der Waals surface area contributed by atoms with E-state index in [9.17, 15) is 8.42 Å². The predicted octanol–water partition coefficient (Wildman–Crippen LogP) is 5.47. The lowest BCUT2D eigenvalue weighted by molar-refractivity contribution is 0.293. The number of oxazole rings is 1. The Morgan fingerprint density at radius 3 is 2.44 bits per heavy atom. The van der Waals surface area contributed by atoms with E-state index in [0.717, 1.165) is 4.47 Å². The van der Waals surface area contributed by atoms with Gasteiger partial charge in [-0.25, -0.2) is 13.4 Å². The number of piperidine rings is 1. The second kappa shape index (κ2) is 7.37. The molecule has 1 aliphatic rings. The van der Waals surface area contributed by atoms with Crippen LogP contribution in [0.25, 0.3) is 11.1 Å². The zero-order valence-corrected chi connectivity index (χ0v) is 17.9. The SMILES string of the molecule is O=S(=O)(c1ccc(Br)cc1)N1CCC(c2nc3cc(Cl)cc(Cl)c3o2)CC1. The van der Waals surface area contributed by atoms with Crippen LogP contribution in [0.5, 0.6) is 0 Å². The molecule has 0 spiro atoms. The van der Waals surface area contributed by atoms with Crippen molar-refractivity contribution in [2.75, 3.05) is 13.1 Å². The Hall–Kier alpha value is -1.12. The van der Waals surface area contributed by atoms with Gasteiger partial charge in [0.15, 0.2) is 11.5 Å². The molecule has 1 saturated heterocycles. The summed E-state index contributed by atoms with van der Waals surface area (Å²) in [5.41, 5.74) is 1.13. The van der Waals surface area contributed by atoms with E-state index in [1.165, 1.54) is 4.31 Å². The lowest BCUT2D eigenvalue weighted by Crippen LogP contribution is -2.37. The molecular formula is C18H15BrCl2N2O3S. The Labute approximate surface area is 175 Å². The van der Waals surface area contributed by atoms with E-state index in [4.69, 9.17) is 27.6 Å². The van der Waals surface area contributed by atoms with Crippen molar-refractivity contribution in [3.8, 4) is 0 Å². The minimum Gasteiger partial charge on any atom is -0.439 e. The minimum atomic E-state index is -3.50. The van der Waals surface area contributed by atoms with E-state index in [2.05, 4.69) is 20.9 Å². The number of benzene rings is 2. The molecule has 9 heteroatoms. The maximum Gasteiger partial charge on any atom is 0.243 e. The zero-order chi connectivity index (χ0) is 19.2. The molecular weight excluding hydrogens is 475 g/mol. The number of sulfonamides is 1. The number of hydrogen-bond donors (Lipinski definition) is 0. The topological polar surface area (TPSA) is 63.4 Å². The minimum absolute atomic E-state index is 0.0450. The van der Waals surface area contributed by atoms with E-state index < -0.39 is 10.0 Å². The average molecular weight is 490 g/mol. The normalized spacial score (nSPS) is 16.9. The summed E-state index contributed by atoms with van der Waals surface area (Å²) in [5.74, 6) is 0.624. The van der Waals surface area contributed by atoms with Crippen LogP contribution in [-0.2, 0) is 10.0 Å². The van der Waals surface area contributed by atoms with Gasteiger partial charge >= 0.3 is 0 Å². The Bertz CT molecular complexity index is 1090. The van der Waals surface area contributed by atoms with Crippen LogP contribution >= 0.6 is 39.1 Å². The third kappa shape index (κ3) is 3.76. The fraction of sp³-hybridized carbons (Fsp3) is 0.278. The van der Waals surface area contributed by atoms with Crippen molar-refractivity contribution in [2.24, 2.45) is 0 Å². The Kier molecular flexibility index (Phi) is 5.24. The molecule has 1 aromatic heterocycles. The van der Waals surface area contributed by atoms with Crippen molar-refractivity contribution in [1.29, 1.82) is 0 Å². The average Bonchev–Trinajstić information content (AvgIpc) is 3.06. The highest BCUT2D eigenvalue weighted by Crippen LogP contribution is 2.35. The molecule has 2 aromatic carbocycles. The van der Waals surface area contributed by atoms with Crippen molar-refractivity contribution in [3.05, 3.63) is 56.8 Å². The molecule has 5 nitrogen and oxygen atoms in total. The lowest BCUT2D eigenvalue weighted by atomic mass is 9.98. The fourth-order valence-corrected chi connectivity index (χ4v) is 5.51. The van der Waals surface area contributed by atoms with Crippen LogP contribution < -0.4 is 0 Å². The summed E-state index contributed by atoms with van der Waals surface area (Å²) < 4.78 is 33.8. The summed E-state index contributed by atoms with van der Waals surface area (Å²) in [4.78, 5) is 4.80. The van der Waals surface area contributed by atoms with Crippen LogP contribution in [0.2, 0.25) is 10.0 Å². The molecule has 0 saturated carbocycles. The summed E-state index contributed by atoms with van der Waals surface area (Å²) in [6.07, 6.45) is 1.27. The predicted molar refractivity (Wildman–Crippen MR) is 109 cm³/mol. The van der Waals surface area contributed by atoms with Gasteiger partial charge in [-0.1, -0.05) is 39.1 Å². The molecule has 4 rings (SSSR count). The zero-order valence-electron chi connectivity index (χ0n) is 14.0. The van der Waals surface area contributed by atoms with Crippen LogP contribution in [0, 0.1) is 0 Å². The molecule has 0 unspecified atom stereocenters. The first kappa shape index (κ1) is 19.2. The Morgan fingerprint density at radius 1 is 1.11 bits per heavy atom. The second-order valence-corrected chi connectivity index (χ2v) is 10.1. The molecule has 1 fully saturated rings. The molecule has 0 amide bonds. The molecule has 3 aromatic rings. The second-order valence-electron chi connectivity index (χ2n) is 6.42. The summed E-state index contributed by atoms with van der Waals surface area (Å²) in [7, 11) is -3.50. The standard InChI is InChI=1S/C18H15BrCl2N2O3S/c19-12-1-3-14(4-2-12)27(24,25)23-7-5-11(6-8-23)18-22-16-10-13(20)9-15(21)17(16)26-18/h1-4,9-11H,5-8H2. The quantitative estimate of drug-likeness (QED) is 0.489. The largest absolute Gasteiger partial charge is 0.439 e. The van der Waals surface area contributed by atoms with E-state index in [-0.39, 0.29) is 5.92 Å². The highest BCUT2D eigenvalue weighted by atomic mass is 79.9. The molecule has 0 radical (unpaired) electrons. The summed E-state index contributed by atoms with van der Waals surface area (Å²) in [5, 5.41) is 0.925.